The number of nitrogens with zero attached hydrogens (tertiary/aromatic N) is 1. The van der Waals surface area contributed by atoms with Gasteiger partial charge in [-0.1, -0.05) is 15.9 Å². The Hall–Kier alpha value is -0.610. The Kier molecular flexibility index (Phi) is 3.03. The number of ether oxygens (including phenoxy) is 2. The lowest BCUT2D eigenvalue weighted by molar-refractivity contribution is 0.138. The second-order valence-electron chi connectivity index (χ2n) is 3.37. The van der Waals surface area contributed by atoms with E-state index in [1.165, 1.54) is 0 Å². The number of pyridine rings is 1. The lowest BCUT2D eigenvalue weighted by atomic mass is 10.3. The quantitative estimate of drug-likeness (QED) is 0.815. The Bertz CT molecular complexity index is 304. The molecule has 0 aliphatic carbocycles. The summed E-state index contributed by atoms with van der Waals surface area (Å²) in [6.07, 6.45) is 1.11. The Morgan fingerprint density at radius 2 is 2.43 bits per heavy atom. The number of hydrogen-bond acceptors (Lipinski definition) is 3. The first-order valence-electron chi connectivity index (χ1n) is 4.62. The second kappa shape index (κ2) is 4.28. The van der Waals surface area contributed by atoms with Gasteiger partial charge in [0.25, 0.3) is 0 Å². The maximum Gasteiger partial charge on any atom is 0.214 e. The van der Waals surface area contributed by atoms with Gasteiger partial charge in [-0.25, -0.2) is 4.98 Å². The van der Waals surface area contributed by atoms with Crippen molar-refractivity contribution in [2.75, 3.05) is 13.2 Å². The van der Waals surface area contributed by atoms with Gasteiger partial charge in [-0.15, -0.1) is 0 Å². The van der Waals surface area contributed by atoms with Crippen LogP contribution in [0.4, 0.5) is 0 Å². The van der Waals surface area contributed by atoms with Crippen molar-refractivity contribution in [1.29, 1.82) is 0 Å². The minimum atomic E-state index is 0.163. The molecule has 0 aromatic carbocycles. The third kappa shape index (κ3) is 2.45. The van der Waals surface area contributed by atoms with Crippen molar-refractivity contribution in [2.24, 2.45) is 0 Å². The van der Waals surface area contributed by atoms with Crippen molar-refractivity contribution < 1.29 is 9.47 Å². The number of rotatable bonds is 2. The van der Waals surface area contributed by atoms with E-state index in [2.05, 4.69) is 20.9 Å². The topological polar surface area (TPSA) is 31.4 Å². The van der Waals surface area contributed by atoms with Crippen LogP contribution in [-0.2, 0) is 4.74 Å². The van der Waals surface area contributed by atoms with Gasteiger partial charge < -0.3 is 9.47 Å². The van der Waals surface area contributed by atoms with Crippen LogP contribution in [0.25, 0.3) is 0 Å². The van der Waals surface area contributed by atoms with E-state index in [9.17, 15) is 0 Å². The molecule has 1 aromatic rings. The fourth-order valence-corrected chi connectivity index (χ4v) is 1.96. The van der Waals surface area contributed by atoms with Gasteiger partial charge in [0.1, 0.15) is 6.10 Å². The minimum Gasteiger partial charge on any atom is -0.472 e. The monoisotopic (exact) mass is 257 g/mol. The molecule has 0 spiro atoms. The third-order valence-electron chi connectivity index (χ3n) is 2.07. The van der Waals surface area contributed by atoms with E-state index in [-0.39, 0.29) is 6.10 Å². The fraction of sp³-hybridized carbons (Fsp3) is 0.500. The molecule has 0 saturated carbocycles. The van der Waals surface area contributed by atoms with Crippen molar-refractivity contribution in [3.05, 3.63) is 22.3 Å². The first kappa shape index (κ1) is 9.93. The summed E-state index contributed by atoms with van der Waals surface area (Å²) in [5, 5.41) is 0. The van der Waals surface area contributed by atoms with Crippen LogP contribution in [0.5, 0.6) is 5.88 Å². The van der Waals surface area contributed by atoms with Crippen LogP contribution in [0.15, 0.2) is 16.6 Å². The van der Waals surface area contributed by atoms with Crippen molar-refractivity contribution in [2.45, 2.75) is 19.4 Å². The smallest absolute Gasteiger partial charge is 0.214 e. The van der Waals surface area contributed by atoms with Gasteiger partial charge in [0.2, 0.25) is 5.88 Å². The zero-order valence-corrected chi connectivity index (χ0v) is 9.58. The summed E-state index contributed by atoms with van der Waals surface area (Å²) in [7, 11) is 0. The third-order valence-corrected chi connectivity index (χ3v) is 2.53. The predicted molar refractivity (Wildman–Crippen MR) is 56.5 cm³/mol. The molecule has 0 radical (unpaired) electrons. The fourth-order valence-electron chi connectivity index (χ4n) is 1.43. The van der Waals surface area contributed by atoms with Crippen LogP contribution in [0.2, 0.25) is 0 Å². The SMILES string of the molecule is Cc1cc(Br)cc(O[C@@H]2CCOC2)n1. The van der Waals surface area contributed by atoms with Crippen molar-refractivity contribution in [1.82, 2.24) is 4.98 Å². The summed E-state index contributed by atoms with van der Waals surface area (Å²) in [5.74, 6) is 0.673. The van der Waals surface area contributed by atoms with Gasteiger partial charge >= 0.3 is 0 Å². The number of halogens is 1. The van der Waals surface area contributed by atoms with Crippen molar-refractivity contribution >= 4 is 15.9 Å². The molecule has 3 nitrogen and oxygen atoms in total. The van der Waals surface area contributed by atoms with Crippen LogP contribution >= 0.6 is 15.9 Å². The molecule has 2 heterocycles. The standard InChI is InChI=1S/C10H12BrNO2/c1-7-4-8(11)5-10(12-7)14-9-2-3-13-6-9/h4-5,9H,2-3,6H2,1H3/t9-/m1/s1. The summed E-state index contributed by atoms with van der Waals surface area (Å²) in [6.45, 7) is 3.41. The highest BCUT2D eigenvalue weighted by molar-refractivity contribution is 9.10. The first-order valence-corrected chi connectivity index (χ1v) is 5.42. The highest BCUT2D eigenvalue weighted by Crippen LogP contribution is 2.20. The van der Waals surface area contributed by atoms with E-state index in [0.29, 0.717) is 12.5 Å². The predicted octanol–water partition coefficient (Wildman–Crippen LogP) is 2.32. The molecule has 1 aromatic heterocycles. The molecule has 0 unspecified atom stereocenters. The second-order valence-corrected chi connectivity index (χ2v) is 4.28. The van der Waals surface area contributed by atoms with Crippen molar-refractivity contribution in [3.63, 3.8) is 0 Å². The van der Waals surface area contributed by atoms with Gasteiger partial charge in [0.15, 0.2) is 0 Å². The maximum absolute atomic E-state index is 5.67. The van der Waals surface area contributed by atoms with Gasteiger partial charge in [-0.3, -0.25) is 0 Å². The number of aryl methyl sites for hydroxylation is 1. The minimum absolute atomic E-state index is 0.163. The van der Waals surface area contributed by atoms with E-state index in [0.717, 1.165) is 23.2 Å². The lowest BCUT2D eigenvalue weighted by Crippen LogP contribution is -2.16. The van der Waals surface area contributed by atoms with Crippen LogP contribution in [0, 0.1) is 6.92 Å². The van der Waals surface area contributed by atoms with Gasteiger partial charge in [-0.05, 0) is 13.0 Å². The zero-order chi connectivity index (χ0) is 9.97. The highest BCUT2D eigenvalue weighted by atomic mass is 79.9. The Labute approximate surface area is 91.6 Å². The summed E-state index contributed by atoms with van der Waals surface area (Å²) >= 11 is 3.41. The zero-order valence-electron chi connectivity index (χ0n) is 8.00. The van der Waals surface area contributed by atoms with Gasteiger partial charge in [0, 0.05) is 22.7 Å². The molecule has 1 atom stereocenters. The van der Waals surface area contributed by atoms with Crippen molar-refractivity contribution in [3.8, 4) is 5.88 Å². The van der Waals surface area contributed by atoms with E-state index in [1.54, 1.807) is 0 Å². The molecule has 0 N–H and O–H groups in total. The van der Waals surface area contributed by atoms with E-state index in [4.69, 9.17) is 9.47 Å². The van der Waals surface area contributed by atoms with Gasteiger partial charge in [-0.2, -0.15) is 0 Å². The molecular weight excluding hydrogens is 246 g/mol. The average molecular weight is 258 g/mol. The summed E-state index contributed by atoms with van der Waals surface area (Å²) in [4.78, 5) is 4.29. The van der Waals surface area contributed by atoms with Crippen LogP contribution in [-0.4, -0.2) is 24.3 Å². The van der Waals surface area contributed by atoms with E-state index in [1.807, 2.05) is 19.1 Å². The Morgan fingerprint density at radius 1 is 1.57 bits per heavy atom. The summed E-state index contributed by atoms with van der Waals surface area (Å²) in [5.41, 5.74) is 0.952. The molecule has 14 heavy (non-hydrogen) atoms. The molecule has 1 fully saturated rings. The van der Waals surface area contributed by atoms with E-state index >= 15 is 0 Å². The highest BCUT2D eigenvalue weighted by Gasteiger charge is 2.17. The van der Waals surface area contributed by atoms with Crippen LogP contribution in [0.1, 0.15) is 12.1 Å². The first-order chi connectivity index (χ1) is 6.74. The molecule has 76 valence electrons. The summed E-state index contributed by atoms with van der Waals surface area (Å²) in [6, 6.07) is 3.84. The largest absolute Gasteiger partial charge is 0.472 e. The molecule has 1 aliphatic rings. The molecular formula is C10H12BrNO2. The molecule has 4 heteroatoms. The molecule has 2 rings (SSSR count). The lowest BCUT2D eigenvalue weighted by Gasteiger charge is -2.11. The molecule has 0 bridgehead atoms. The van der Waals surface area contributed by atoms with Gasteiger partial charge in [0.05, 0.1) is 13.2 Å². The normalized spacial score (nSPS) is 21.1. The molecule has 1 aliphatic heterocycles. The van der Waals surface area contributed by atoms with Crippen LogP contribution < -0.4 is 4.74 Å². The van der Waals surface area contributed by atoms with Crippen LogP contribution in [0.3, 0.4) is 0 Å². The maximum atomic E-state index is 5.67. The number of hydrogen-bond donors (Lipinski definition) is 0. The Balaban J connectivity index is 2.07. The number of aromatic nitrogens is 1. The average Bonchev–Trinajstić information content (AvgIpc) is 2.54. The summed E-state index contributed by atoms with van der Waals surface area (Å²) < 4.78 is 11.9. The molecule has 1 saturated heterocycles. The van der Waals surface area contributed by atoms with E-state index < -0.39 is 0 Å². The molecule has 0 amide bonds. The Morgan fingerprint density at radius 3 is 3.07 bits per heavy atom.